The van der Waals surface area contributed by atoms with E-state index in [1.807, 2.05) is 32.9 Å². The molecule has 1 N–H and O–H groups in total. The fourth-order valence-electron chi connectivity index (χ4n) is 2.24. The van der Waals surface area contributed by atoms with Crippen LogP contribution in [0.15, 0.2) is 30.5 Å². The van der Waals surface area contributed by atoms with Gasteiger partial charge in [-0.3, -0.25) is 9.59 Å². The van der Waals surface area contributed by atoms with Gasteiger partial charge >= 0.3 is 0 Å². The van der Waals surface area contributed by atoms with Crippen LogP contribution in [0, 0.1) is 0 Å². The first-order chi connectivity index (χ1) is 11.7. The van der Waals surface area contributed by atoms with Crippen LogP contribution in [0.5, 0.6) is 0 Å². The van der Waals surface area contributed by atoms with E-state index in [9.17, 15) is 9.59 Å². The zero-order chi connectivity index (χ0) is 18.6. The van der Waals surface area contributed by atoms with Gasteiger partial charge in [-0.15, -0.1) is 5.10 Å². The van der Waals surface area contributed by atoms with Gasteiger partial charge in [0.2, 0.25) is 5.91 Å². The van der Waals surface area contributed by atoms with Gasteiger partial charge in [0, 0.05) is 12.1 Å². The van der Waals surface area contributed by atoms with Gasteiger partial charge in [0.1, 0.15) is 0 Å². The molecule has 0 unspecified atom stereocenters. The lowest BCUT2D eigenvalue weighted by Crippen LogP contribution is -2.47. The number of nitrogens with zero attached hydrogens (tertiary/aromatic N) is 4. The van der Waals surface area contributed by atoms with E-state index < -0.39 is 0 Å². The first-order valence-corrected chi connectivity index (χ1v) is 8.36. The van der Waals surface area contributed by atoms with E-state index in [2.05, 4.69) is 15.6 Å². The van der Waals surface area contributed by atoms with Gasteiger partial charge in [-0.1, -0.05) is 28.9 Å². The summed E-state index contributed by atoms with van der Waals surface area (Å²) in [5.74, 6) is -0.578. The maximum Gasteiger partial charge on any atom is 0.276 e. The fraction of sp³-hybridized carbons (Fsp3) is 0.412. The quantitative estimate of drug-likeness (QED) is 0.883. The summed E-state index contributed by atoms with van der Waals surface area (Å²) in [6, 6.07) is 7.13. The van der Waals surface area contributed by atoms with Gasteiger partial charge in [-0.25, -0.2) is 4.68 Å². The molecule has 1 heterocycles. The summed E-state index contributed by atoms with van der Waals surface area (Å²) < 4.78 is 1.44. The number of amides is 2. The van der Waals surface area contributed by atoms with Crippen LogP contribution in [0.25, 0.3) is 5.69 Å². The Morgan fingerprint density at radius 2 is 1.96 bits per heavy atom. The van der Waals surface area contributed by atoms with E-state index in [1.165, 1.54) is 15.8 Å². The number of carbonyl (C=O) groups excluding carboxylic acids is 2. The number of halogens is 1. The molecule has 0 saturated carbocycles. The standard InChI is InChI=1S/C17H22ClN5O2/c1-5-22(11-15(24)19-17(2,3)4)16(25)13-10-23(21-20-13)14-9-7-6-8-12(14)18/h6-10H,5,11H2,1-4H3,(H,19,24). The molecule has 1 aromatic heterocycles. The monoisotopic (exact) mass is 363 g/mol. The number of rotatable bonds is 5. The summed E-state index contributed by atoms with van der Waals surface area (Å²) >= 11 is 6.13. The number of carbonyl (C=O) groups is 2. The number of hydrogen-bond donors (Lipinski definition) is 1. The van der Waals surface area contributed by atoms with Gasteiger partial charge < -0.3 is 10.2 Å². The predicted molar refractivity (Wildman–Crippen MR) is 95.8 cm³/mol. The molecule has 0 bridgehead atoms. The lowest BCUT2D eigenvalue weighted by Gasteiger charge is -2.24. The first kappa shape index (κ1) is 18.9. The van der Waals surface area contributed by atoms with Crippen LogP contribution in [0.2, 0.25) is 5.02 Å². The second-order valence-corrected chi connectivity index (χ2v) is 7.02. The van der Waals surface area contributed by atoms with Crippen molar-refractivity contribution < 1.29 is 9.59 Å². The van der Waals surface area contributed by atoms with Crippen LogP contribution in [-0.2, 0) is 4.79 Å². The second kappa shape index (κ2) is 7.65. The highest BCUT2D eigenvalue weighted by atomic mass is 35.5. The molecular weight excluding hydrogens is 342 g/mol. The molecule has 2 amide bonds. The molecule has 0 radical (unpaired) electrons. The highest BCUT2D eigenvalue weighted by molar-refractivity contribution is 6.32. The van der Waals surface area contributed by atoms with Crippen molar-refractivity contribution in [3.8, 4) is 5.69 Å². The Morgan fingerprint density at radius 1 is 1.28 bits per heavy atom. The molecule has 25 heavy (non-hydrogen) atoms. The van der Waals surface area contributed by atoms with Gasteiger partial charge in [0.05, 0.1) is 23.5 Å². The molecule has 2 rings (SSSR count). The van der Waals surface area contributed by atoms with E-state index in [1.54, 1.807) is 19.1 Å². The Morgan fingerprint density at radius 3 is 2.56 bits per heavy atom. The third-order valence-electron chi connectivity index (χ3n) is 3.33. The first-order valence-electron chi connectivity index (χ1n) is 7.99. The predicted octanol–water partition coefficient (Wildman–Crippen LogP) is 2.30. The molecule has 8 heteroatoms. The molecule has 1 aromatic carbocycles. The third kappa shape index (κ3) is 5.03. The average Bonchev–Trinajstić information content (AvgIpc) is 3.00. The van der Waals surface area contributed by atoms with Crippen molar-refractivity contribution in [2.75, 3.05) is 13.1 Å². The molecule has 2 aromatic rings. The number of benzene rings is 1. The summed E-state index contributed by atoms with van der Waals surface area (Å²) in [4.78, 5) is 26.1. The number of nitrogens with one attached hydrogen (secondary N) is 1. The number of likely N-dealkylation sites (N-methyl/N-ethyl adjacent to an activating group) is 1. The molecule has 0 atom stereocenters. The summed E-state index contributed by atoms with van der Waals surface area (Å²) in [6.45, 7) is 7.82. The molecule has 0 aliphatic rings. The zero-order valence-electron chi connectivity index (χ0n) is 14.8. The van der Waals surface area contributed by atoms with Crippen molar-refractivity contribution in [1.29, 1.82) is 0 Å². The normalized spacial score (nSPS) is 11.2. The lowest BCUT2D eigenvalue weighted by molar-refractivity contribution is -0.123. The van der Waals surface area contributed by atoms with E-state index in [4.69, 9.17) is 11.6 Å². The molecule has 7 nitrogen and oxygen atoms in total. The summed E-state index contributed by atoms with van der Waals surface area (Å²) in [7, 11) is 0. The molecule has 0 aliphatic heterocycles. The van der Waals surface area contributed by atoms with Crippen LogP contribution in [0.3, 0.4) is 0 Å². The van der Waals surface area contributed by atoms with Crippen LogP contribution < -0.4 is 5.32 Å². The molecule has 0 aliphatic carbocycles. The van der Waals surface area contributed by atoms with Crippen LogP contribution in [0.1, 0.15) is 38.2 Å². The lowest BCUT2D eigenvalue weighted by atomic mass is 10.1. The summed E-state index contributed by atoms with van der Waals surface area (Å²) in [5.41, 5.74) is 0.432. The molecule has 0 spiro atoms. The maximum absolute atomic E-state index is 12.6. The Balaban J connectivity index is 2.14. The van der Waals surface area contributed by atoms with Gasteiger partial charge in [0.15, 0.2) is 5.69 Å². The fourth-order valence-corrected chi connectivity index (χ4v) is 2.46. The molecular formula is C17H22ClN5O2. The minimum absolute atomic E-state index is 0.0362. The smallest absolute Gasteiger partial charge is 0.276 e. The largest absolute Gasteiger partial charge is 0.350 e. The van der Waals surface area contributed by atoms with E-state index >= 15 is 0 Å². The summed E-state index contributed by atoms with van der Waals surface area (Å²) in [6.07, 6.45) is 1.51. The van der Waals surface area contributed by atoms with Crippen LogP contribution in [-0.4, -0.2) is 50.3 Å². The van der Waals surface area contributed by atoms with Crippen molar-refractivity contribution in [3.63, 3.8) is 0 Å². The average molecular weight is 364 g/mol. The Kier molecular flexibility index (Phi) is 5.79. The Labute approximate surface area is 152 Å². The Hall–Kier alpha value is -2.41. The van der Waals surface area contributed by atoms with Crippen LogP contribution in [0.4, 0.5) is 0 Å². The highest BCUT2D eigenvalue weighted by Gasteiger charge is 2.22. The molecule has 0 saturated heterocycles. The number of hydrogen-bond acceptors (Lipinski definition) is 4. The number of aromatic nitrogens is 3. The van der Waals surface area contributed by atoms with Gasteiger partial charge in [-0.05, 0) is 39.8 Å². The zero-order valence-corrected chi connectivity index (χ0v) is 15.5. The Bertz CT molecular complexity index is 766. The van der Waals surface area contributed by atoms with Crippen molar-refractivity contribution in [2.45, 2.75) is 33.2 Å². The highest BCUT2D eigenvalue weighted by Crippen LogP contribution is 2.19. The van der Waals surface area contributed by atoms with Crippen molar-refractivity contribution in [1.82, 2.24) is 25.2 Å². The molecule has 134 valence electrons. The van der Waals surface area contributed by atoms with Crippen LogP contribution >= 0.6 is 11.6 Å². The maximum atomic E-state index is 12.6. The van der Waals surface area contributed by atoms with Gasteiger partial charge in [0.25, 0.3) is 5.91 Å². The number of para-hydroxylation sites is 1. The second-order valence-electron chi connectivity index (χ2n) is 6.62. The topological polar surface area (TPSA) is 80.1 Å². The van der Waals surface area contributed by atoms with Crippen molar-refractivity contribution >= 4 is 23.4 Å². The van der Waals surface area contributed by atoms with E-state index in [0.29, 0.717) is 17.3 Å². The van der Waals surface area contributed by atoms with Crippen molar-refractivity contribution in [3.05, 3.63) is 41.2 Å². The summed E-state index contributed by atoms with van der Waals surface area (Å²) in [5, 5.41) is 11.2. The van der Waals surface area contributed by atoms with Crippen molar-refractivity contribution in [2.24, 2.45) is 0 Å². The minimum Gasteiger partial charge on any atom is -0.350 e. The minimum atomic E-state index is -0.357. The van der Waals surface area contributed by atoms with E-state index in [-0.39, 0.29) is 29.6 Å². The SMILES string of the molecule is CCN(CC(=O)NC(C)(C)C)C(=O)c1cn(-c2ccccc2Cl)nn1. The van der Waals surface area contributed by atoms with Gasteiger partial charge in [-0.2, -0.15) is 0 Å². The molecule has 0 fully saturated rings. The van der Waals surface area contributed by atoms with E-state index in [0.717, 1.165) is 0 Å². The third-order valence-corrected chi connectivity index (χ3v) is 3.65.